The molecule has 1 N–H and O–H groups in total. The van der Waals surface area contributed by atoms with Gasteiger partial charge in [-0.3, -0.25) is 0 Å². The lowest BCUT2D eigenvalue weighted by Gasteiger charge is -2.21. The van der Waals surface area contributed by atoms with Gasteiger partial charge in [0.05, 0.1) is 0 Å². The second-order valence-corrected chi connectivity index (χ2v) is 6.33. The summed E-state index contributed by atoms with van der Waals surface area (Å²) in [5, 5.41) is 8.27. The van der Waals surface area contributed by atoms with Crippen molar-refractivity contribution in [1.82, 2.24) is 5.32 Å². The van der Waals surface area contributed by atoms with E-state index in [1.54, 1.807) is 11.3 Å². The lowest BCUT2D eigenvalue weighted by molar-refractivity contribution is 0.527. The number of thiophene rings is 1. The zero-order valence-corrected chi connectivity index (χ0v) is 13.8. The van der Waals surface area contributed by atoms with Crippen LogP contribution in [0.2, 0.25) is 0 Å². The first-order valence-corrected chi connectivity index (χ1v) is 8.39. The molecule has 2 rings (SSSR count). The summed E-state index contributed by atoms with van der Waals surface area (Å²) in [6, 6.07) is 7.03. The largest absolute Gasteiger partial charge is 0.310 e. The van der Waals surface area contributed by atoms with Crippen molar-refractivity contribution in [2.75, 3.05) is 6.54 Å². The van der Waals surface area contributed by atoms with Crippen molar-refractivity contribution in [3.05, 3.63) is 56.8 Å². The minimum absolute atomic E-state index is 0.431. The second-order valence-electron chi connectivity index (χ2n) is 5.59. The van der Waals surface area contributed by atoms with E-state index in [1.165, 1.54) is 34.2 Å². The summed E-state index contributed by atoms with van der Waals surface area (Å²) in [7, 11) is 0. The van der Waals surface area contributed by atoms with Crippen molar-refractivity contribution in [2.24, 2.45) is 0 Å². The summed E-state index contributed by atoms with van der Waals surface area (Å²) < 4.78 is 0. The quantitative estimate of drug-likeness (QED) is 0.792. The van der Waals surface area contributed by atoms with Gasteiger partial charge in [-0.25, -0.2) is 0 Å². The van der Waals surface area contributed by atoms with E-state index in [0.29, 0.717) is 6.04 Å². The third kappa shape index (κ3) is 3.50. The Balaban J connectivity index is 2.26. The van der Waals surface area contributed by atoms with Crippen molar-refractivity contribution in [3.8, 4) is 0 Å². The summed E-state index contributed by atoms with van der Waals surface area (Å²) in [4.78, 5) is 0. The highest BCUT2D eigenvalue weighted by Gasteiger charge is 2.16. The van der Waals surface area contributed by atoms with E-state index in [4.69, 9.17) is 0 Å². The Bertz CT molecular complexity index is 536. The first-order valence-electron chi connectivity index (χ1n) is 7.44. The van der Waals surface area contributed by atoms with Gasteiger partial charge in [0.1, 0.15) is 0 Å². The topological polar surface area (TPSA) is 12.0 Å². The molecule has 1 aromatic carbocycles. The lowest BCUT2D eigenvalue weighted by atomic mass is 9.93. The molecule has 0 amide bonds. The highest BCUT2D eigenvalue weighted by Crippen LogP contribution is 2.27. The van der Waals surface area contributed by atoms with Crippen LogP contribution < -0.4 is 5.32 Å². The molecule has 1 heterocycles. The van der Waals surface area contributed by atoms with Crippen molar-refractivity contribution >= 4 is 11.3 Å². The van der Waals surface area contributed by atoms with Crippen molar-refractivity contribution in [3.63, 3.8) is 0 Å². The van der Waals surface area contributed by atoms with Gasteiger partial charge in [0.15, 0.2) is 0 Å². The van der Waals surface area contributed by atoms with Crippen LogP contribution in [0.15, 0.2) is 29.0 Å². The van der Waals surface area contributed by atoms with Gasteiger partial charge in [0, 0.05) is 6.04 Å². The minimum Gasteiger partial charge on any atom is -0.310 e. The van der Waals surface area contributed by atoms with Crippen LogP contribution in [0.4, 0.5) is 0 Å². The molecule has 0 spiro atoms. The Labute approximate surface area is 127 Å². The predicted molar refractivity (Wildman–Crippen MR) is 89.7 cm³/mol. The molecule has 108 valence electrons. The van der Waals surface area contributed by atoms with Crippen LogP contribution in [0.3, 0.4) is 0 Å². The molecule has 0 fully saturated rings. The number of hydrogen-bond acceptors (Lipinski definition) is 2. The SMILES string of the molecule is CCCNC(Cc1c(C)cccc1C)c1cscc1C. The van der Waals surface area contributed by atoms with Gasteiger partial charge in [0.25, 0.3) is 0 Å². The molecular formula is C18H25NS. The molecule has 0 radical (unpaired) electrons. The van der Waals surface area contributed by atoms with E-state index in [-0.39, 0.29) is 0 Å². The van der Waals surface area contributed by atoms with Crippen LogP contribution in [0.25, 0.3) is 0 Å². The van der Waals surface area contributed by atoms with E-state index in [9.17, 15) is 0 Å². The fraction of sp³-hybridized carbons (Fsp3) is 0.444. The smallest absolute Gasteiger partial charge is 0.0371 e. The monoisotopic (exact) mass is 287 g/mol. The van der Waals surface area contributed by atoms with E-state index in [1.807, 2.05) is 0 Å². The Kier molecular flexibility index (Phi) is 5.38. The Morgan fingerprint density at radius 2 is 1.75 bits per heavy atom. The molecule has 0 saturated heterocycles. The maximum Gasteiger partial charge on any atom is 0.0371 e. The van der Waals surface area contributed by atoms with Crippen LogP contribution in [0.5, 0.6) is 0 Å². The maximum absolute atomic E-state index is 3.72. The standard InChI is InChI=1S/C18H25NS/c1-5-9-19-18(17-12-20-11-15(17)4)10-16-13(2)7-6-8-14(16)3/h6-8,11-12,18-19H,5,9-10H2,1-4H3. The van der Waals surface area contributed by atoms with Gasteiger partial charge in [-0.2, -0.15) is 11.3 Å². The Morgan fingerprint density at radius 3 is 2.30 bits per heavy atom. The number of aryl methyl sites for hydroxylation is 3. The molecule has 1 atom stereocenters. The Morgan fingerprint density at radius 1 is 1.05 bits per heavy atom. The molecule has 0 aliphatic rings. The highest BCUT2D eigenvalue weighted by atomic mass is 32.1. The average molecular weight is 287 g/mol. The van der Waals surface area contributed by atoms with Crippen molar-refractivity contribution in [1.29, 1.82) is 0 Å². The lowest BCUT2D eigenvalue weighted by Crippen LogP contribution is -2.24. The molecule has 20 heavy (non-hydrogen) atoms. The fourth-order valence-corrected chi connectivity index (χ4v) is 3.62. The van der Waals surface area contributed by atoms with Crippen molar-refractivity contribution in [2.45, 2.75) is 46.6 Å². The highest BCUT2D eigenvalue weighted by molar-refractivity contribution is 7.08. The molecule has 0 aliphatic heterocycles. The third-order valence-electron chi connectivity index (χ3n) is 3.96. The molecule has 2 heteroatoms. The number of hydrogen-bond donors (Lipinski definition) is 1. The number of benzene rings is 1. The van der Waals surface area contributed by atoms with Gasteiger partial charge in [-0.05, 0) is 78.7 Å². The molecular weight excluding hydrogens is 262 g/mol. The average Bonchev–Trinajstić information content (AvgIpc) is 2.84. The second kappa shape index (κ2) is 7.05. The molecule has 1 aromatic heterocycles. The van der Waals surface area contributed by atoms with Crippen LogP contribution in [0, 0.1) is 20.8 Å². The predicted octanol–water partition coefficient (Wildman–Crippen LogP) is 4.96. The van der Waals surface area contributed by atoms with E-state index in [2.05, 4.69) is 62.0 Å². The summed E-state index contributed by atoms with van der Waals surface area (Å²) in [5.41, 5.74) is 7.18. The van der Waals surface area contributed by atoms with Gasteiger partial charge >= 0.3 is 0 Å². The van der Waals surface area contributed by atoms with Gasteiger partial charge in [-0.15, -0.1) is 0 Å². The van der Waals surface area contributed by atoms with Gasteiger partial charge in [-0.1, -0.05) is 25.1 Å². The third-order valence-corrected chi connectivity index (χ3v) is 4.84. The molecule has 1 nitrogen and oxygen atoms in total. The molecule has 0 saturated carbocycles. The molecule has 0 bridgehead atoms. The molecule has 1 unspecified atom stereocenters. The number of nitrogens with one attached hydrogen (secondary N) is 1. The summed E-state index contributed by atoms with van der Waals surface area (Å²) >= 11 is 1.81. The maximum atomic E-state index is 3.72. The number of rotatable bonds is 6. The van der Waals surface area contributed by atoms with Gasteiger partial charge in [0.2, 0.25) is 0 Å². The molecule has 0 aliphatic carbocycles. The van der Waals surface area contributed by atoms with Crippen LogP contribution in [0.1, 0.15) is 47.2 Å². The first kappa shape index (κ1) is 15.3. The summed E-state index contributed by atoms with van der Waals surface area (Å²) in [5.74, 6) is 0. The van der Waals surface area contributed by atoms with Crippen LogP contribution >= 0.6 is 11.3 Å². The zero-order valence-electron chi connectivity index (χ0n) is 13.0. The van der Waals surface area contributed by atoms with Gasteiger partial charge < -0.3 is 5.32 Å². The van der Waals surface area contributed by atoms with Crippen LogP contribution in [-0.4, -0.2) is 6.54 Å². The summed E-state index contributed by atoms with van der Waals surface area (Å²) in [6.07, 6.45) is 2.25. The summed E-state index contributed by atoms with van der Waals surface area (Å²) in [6.45, 7) is 9.96. The zero-order chi connectivity index (χ0) is 14.5. The van der Waals surface area contributed by atoms with E-state index >= 15 is 0 Å². The van der Waals surface area contributed by atoms with Crippen LogP contribution in [-0.2, 0) is 6.42 Å². The van der Waals surface area contributed by atoms with E-state index in [0.717, 1.165) is 13.0 Å². The Hall–Kier alpha value is -1.12. The first-order chi connectivity index (χ1) is 9.63. The normalized spacial score (nSPS) is 12.6. The van der Waals surface area contributed by atoms with Crippen molar-refractivity contribution < 1.29 is 0 Å². The fourth-order valence-electron chi connectivity index (χ4n) is 2.71. The molecule has 2 aromatic rings. The van der Waals surface area contributed by atoms with E-state index < -0.39 is 0 Å². The minimum atomic E-state index is 0.431.